The van der Waals surface area contributed by atoms with Crippen LogP contribution in [0.3, 0.4) is 0 Å². The number of hydrogen-bond acceptors (Lipinski definition) is 4. The van der Waals surface area contributed by atoms with Crippen LogP contribution < -0.4 is 15.4 Å². The Labute approximate surface area is 209 Å². The molecule has 1 atom stereocenters. The molecule has 0 spiro atoms. The zero-order chi connectivity index (χ0) is 21.7. The van der Waals surface area contributed by atoms with Gasteiger partial charge in [-0.1, -0.05) is 42.5 Å². The van der Waals surface area contributed by atoms with Crippen LogP contribution in [0.4, 0.5) is 0 Å². The number of guanidine groups is 1. The summed E-state index contributed by atoms with van der Waals surface area (Å²) in [5.74, 6) is 1.70. The Kier molecular flexibility index (Phi) is 12.4. The van der Waals surface area contributed by atoms with Crippen LogP contribution in [0.2, 0.25) is 0 Å². The van der Waals surface area contributed by atoms with Gasteiger partial charge in [0.15, 0.2) is 5.96 Å². The van der Waals surface area contributed by atoms with Gasteiger partial charge in [-0.15, -0.1) is 24.0 Å². The first kappa shape index (κ1) is 26.4. The summed E-state index contributed by atoms with van der Waals surface area (Å²) >= 11 is 0. The highest BCUT2D eigenvalue weighted by molar-refractivity contribution is 14.0. The molecule has 1 aliphatic heterocycles. The van der Waals surface area contributed by atoms with Crippen molar-refractivity contribution in [3.8, 4) is 5.75 Å². The SMILES string of the molecule is CN=C(NCCCOCCc1ccccc1)NCc1ccc(C)cc1OC1CCOC1.I. The number of rotatable bonds is 11. The molecule has 176 valence electrons. The Morgan fingerprint density at radius 2 is 1.97 bits per heavy atom. The van der Waals surface area contributed by atoms with Gasteiger partial charge < -0.3 is 24.8 Å². The maximum absolute atomic E-state index is 6.18. The molecule has 1 unspecified atom stereocenters. The highest BCUT2D eigenvalue weighted by atomic mass is 127. The minimum atomic E-state index is 0. The predicted molar refractivity (Wildman–Crippen MR) is 140 cm³/mol. The van der Waals surface area contributed by atoms with E-state index in [1.807, 2.05) is 6.07 Å². The van der Waals surface area contributed by atoms with Crippen LogP contribution >= 0.6 is 24.0 Å². The van der Waals surface area contributed by atoms with E-state index in [0.29, 0.717) is 13.2 Å². The van der Waals surface area contributed by atoms with Crippen molar-refractivity contribution in [3.05, 3.63) is 65.2 Å². The molecule has 1 fully saturated rings. The summed E-state index contributed by atoms with van der Waals surface area (Å²) < 4.78 is 17.4. The number of nitrogens with one attached hydrogen (secondary N) is 2. The van der Waals surface area contributed by atoms with Crippen LogP contribution in [0.5, 0.6) is 5.75 Å². The van der Waals surface area contributed by atoms with Crippen LogP contribution in [-0.2, 0) is 22.4 Å². The molecular weight excluding hydrogens is 517 g/mol. The van der Waals surface area contributed by atoms with Crippen LogP contribution in [0.1, 0.15) is 29.5 Å². The van der Waals surface area contributed by atoms with Crippen LogP contribution in [0.25, 0.3) is 0 Å². The molecule has 1 saturated heterocycles. The lowest BCUT2D eigenvalue weighted by molar-refractivity contribution is 0.135. The lowest BCUT2D eigenvalue weighted by Gasteiger charge is -2.18. The summed E-state index contributed by atoms with van der Waals surface area (Å²) in [6.45, 7) is 6.46. The first-order chi connectivity index (χ1) is 15.2. The van der Waals surface area contributed by atoms with Crippen LogP contribution in [0.15, 0.2) is 53.5 Å². The number of aliphatic imine (C=N–C) groups is 1. The fourth-order valence-electron chi connectivity index (χ4n) is 3.42. The van der Waals surface area contributed by atoms with Gasteiger partial charge in [-0.25, -0.2) is 0 Å². The van der Waals surface area contributed by atoms with Crippen molar-refractivity contribution in [3.63, 3.8) is 0 Å². The topological polar surface area (TPSA) is 64.1 Å². The fourth-order valence-corrected chi connectivity index (χ4v) is 3.42. The maximum atomic E-state index is 6.18. The number of ether oxygens (including phenoxy) is 3. The summed E-state index contributed by atoms with van der Waals surface area (Å²) in [5, 5.41) is 6.73. The van der Waals surface area contributed by atoms with Crippen molar-refractivity contribution >= 4 is 29.9 Å². The minimum Gasteiger partial charge on any atom is -0.488 e. The van der Waals surface area contributed by atoms with Crippen LogP contribution in [-0.4, -0.2) is 52.1 Å². The van der Waals surface area contributed by atoms with Crippen molar-refractivity contribution < 1.29 is 14.2 Å². The smallest absolute Gasteiger partial charge is 0.191 e. The highest BCUT2D eigenvalue weighted by Gasteiger charge is 2.18. The molecule has 1 aliphatic rings. The van der Waals surface area contributed by atoms with E-state index in [0.717, 1.165) is 62.9 Å². The normalized spacial score (nSPS) is 15.8. The average molecular weight is 553 g/mol. The Bertz CT molecular complexity index is 811. The summed E-state index contributed by atoms with van der Waals surface area (Å²) in [5.41, 5.74) is 3.61. The lowest BCUT2D eigenvalue weighted by Crippen LogP contribution is -2.37. The highest BCUT2D eigenvalue weighted by Crippen LogP contribution is 2.23. The van der Waals surface area contributed by atoms with Crippen molar-refractivity contribution in [1.82, 2.24) is 10.6 Å². The first-order valence-corrected chi connectivity index (χ1v) is 11.1. The molecule has 3 rings (SSSR count). The minimum absolute atomic E-state index is 0. The molecule has 0 bridgehead atoms. The van der Waals surface area contributed by atoms with Gasteiger partial charge in [0.25, 0.3) is 0 Å². The Morgan fingerprint density at radius 3 is 2.72 bits per heavy atom. The van der Waals surface area contributed by atoms with Gasteiger partial charge >= 0.3 is 0 Å². The molecule has 6 nitrogen and oxygen atoms in total. The molecule has 0 radical (unpaired) electrons. The van der Waals surface area contributed by atoms with E-state index in [4.69, 9.17) is 14.2 Å². The molecule has 0 saturated carbocycles. The van der Waals surface area contributed by atoms with E-state index in [9.17, 15) is 0 Å². The number of aryl methyl sites for hydroxylation is 1. The molecule has 0 amide bonds. The van der Waals surface area contributed by atoms with E-state index in [1.165, 1.54) is 11.1 Å². The molecule has 1 heterocycles. The third kappa shape index (κ3) is 9.34. The van der Waals surface area contributed by atoms with E-state index in [1.54, 1.807) is 7.05 Å². The lowest BCUT2D eigenvalue weighted by atomic mass is 10.1. The number of halogens is 1. The van der Waals surface area contributed by atoms with Gasteiger partial charge in [0.05, 0.1) is 19.8 Å². The van der Waals surface area contributed by atoms with Gasteiger partial charge in [-0.3, -0.25) is 4.99 Å². The quantitative estimate of drug-likeness (QED) is 0.190. The van der Waals surface area contributed by atoms with Crippen molar-refractivity contribution in [2.24, 2.45) is 4.99 Å². The molecule has 2 N–H and O–H groups in total. The molecule has 0 aliphatic carbocycles. The van der Waals surface area contributed by atoms with Gasteiger partial charge in [0.1, 0.15) is 11.9 Å². The zero-order valence-corrected chi connectivity index (χ0v) is 21.5. The standard InChI is InChI=1S/C25H35N3O3.HI/c1-20-9-10-22(24(17-20)31-23-12-16-30-19-23)18-28-25(26-2)27-13-6-14-29-15-11-21-7-4-3-5-8-21;/h3-5,7-10,17,23H,6,11-16,18-19H2,1-2H3,(H2,26,27,28);1H. The van der Waals surface area contributed by atoms with E-state index < -0.39 is 0 Å². The Morgan fingerprint density at radius 1 is 1.12 bits per heavy atom. The first-order valence-electron chi connectivity index (χ1n) is 11.1. The molecule has 7 heteroatoms. The monoisotopic (exact) mass is 553 g/mol. The molecule has 0 aromatic heterocycles. The van der Waals surface area contributed by atoms with E-state index in [2.05, 4.69) is 65.0 Å². The zero-order valence-electron chi connectivity index (χ0n) is 19.1. The second-order valence-corrected chi connectivity index (χ2v) is 7.77. The van der Waals surface area contributed by atoms with Crippen molar-refractivity contribution in [2.45, 2.75) is 38.8 Å². The van der Waals surface area contributed by atoms with Gasteiger partial charge in [-0.2, -0.15) is 0 Å². The maximum Gasteiger partial charge on any atom is 0.191 e. The number of hydrogen-bond donors (Lipinski definition) is 2. The fraction of sp³-hybridized carbons (Fsp3) is 0.480. The Balaban J connectivity index is 0.00000363. The second kappa shape index (κ2) is 15.1. The van der Waals surface area contributed by atoms with Gasteiger partial charge in [0, 0.05) is 38.7 Å². The van der Waals surface area contributed by atoms with Gasteiger partial charge in [0.2, 0.25) is 0 Å². The summed E-state index contributed by atoms with van der Waals surface area (Å²) in [4.78, 5) is 4.32. The third-order valence-corrected chi connectivity index (χ3v) is 5.21. The number of nitrogens with zero attached hydrogens (tertiary/aromatic N) is 1. The third-order valence-electron chi connectivity index (χ3n) is 5.21. The van der Waals surface area contributed by atoms with E-state index >= 15 is 0 Å². The largest absolute Gasteiger partial charge is 0.488 e. The summed E-state index contributed by atoms with van der Waals surface area (Å²) in [6.07, 6.45) is 2.96. The molecule has 2 aromatic rings. The average Bonchev–Trinajstić information content (AvgIpc) is 3.30. The van der Waals surface area contributed by atoms with Crippen molar-refractivity contribution in [2.75, 3.05) is 40.0 Å². The van der Waals surface area contributed by atoms with Gasteiger partial charge in [-0.05, 0) is 37.0 Å². The summed E-state index contributed by atoms with van der Waals surface area (Å²) in [6, 6.07) is 16.7. The second-order valence-electron chi connectivity index (χ2n) is 7.77. The van der Waals surface area contributed by atoms with Crippen LogP contribution in [0, 0.1) is 6.92 Å². The summed E-state index contributed by atoms with van der Waals surface area (Å²) in [7, 11) is 1.79. The Hall–Kier alpha value is -1.84. The molecule has 2 aromatic carbocycles. The molecular formula is C25H36IN3O3. The van der Waals surface area contributed by atoms with Crippen molar-refractivity contribution in [1.29, 1.82) is 0 Å². The number of benzene rings is 2. The predicted octanol–water partition coefficient (Wildman–Crippen LogP) is 4.10. The van der Waals surface area contributed by atoms with E-state index in [-0.39, 0.29) is 30.1 Å². The molecule has 32 heavy (non-hydrogen) atoms.